The van der Waals surface area contributed by atoms with Gasteiger partial charge in [-0.3, -0.25) is 14.8 Å². The molecule has 0 bridgehead atoms. The second kappa shape index (κ2) is 6.62. The van der Waals surface area contributed by atoms with Crippen molar-refractivity contribution in [3.63, 3.8) is 0 Å². The summed E-state index contributed by atoms with van der Waals surface area (Å²) in [7, 11) is 0. The van der Waals surface area contributed by atoms with Crippen molar-refractivity contribution < 1.29 is 4.92 Å². The molecule has 7 heteroatoms. The Labute approximate surface area is 137 Å². The summed E-state index contributed by atoms with van der Waals surface area (Å²) >= 11 is 0. The Morgan fingerprint density at radius 2 is 2.00 bits per heavy atom. The van der Waals surface area contributed by atoms with Crippen LogP contribution in [0.4, 0.5) is 17.2 Å². The van der Waals surface area contributed by atoms with Crippen LogP contribution in [0.1, 0.15) is 11.1 Å². The highest BCUT2D eigenvalue weighted by molar-refractivity contribution is 5.66. The third-order valence-electron chi connectivity index (χ3n) is 3.43. The number of non-ortho nitro benzene ring substituents is 1. The molecule has 7 nitrogen and oxygen atoms in total. The van der Waals surface area contributed by atoms with Crippen molar-refractivity contribution in [3.05, 3.63) is 82.0 Å². The molecule has 1 heterocycles. The van der Waals surface area contributed by atoms with Gasteiger partial charge in [0, 0.05) is 24.4 Å². The number of benzene rings is 2. The van der Waals surface area contributed by atoms with Crippen LogP contribution in [0.15, 0.2) is 60.8 Å². The molecule has 0 fully saturated rings. The number of nitrogens with one attached hydrogen (secondary N) is 1. The van der Waals surface area contributed by atoms with Crippen LogP contribution in [0.25, 0.3) is 0 Å². The Morgan fingerprint density at radius 3 is 2.71 bits per heavy atom. The largest absolute Gasteiger partial charge is 0.338 e. The van der Waals surface area contributed by atoms with E-state index in [4.69, 9.17) is 5.26 Å². The fourth-order valence-electron chi connectivity index (χ4n) is 2.27. The number of nitriles is 1. The summed E-state index contributed by atoms with van der Waals surface area (Å²) < 4.78 is 1.77. The number of aromatic nitrogens is 2. The average Bonchev–Trinajstić information content (AvgIpc) is 3.03. The van der Waals surface area contributed by atoms with Crippen molar-refractivity contribution in [2.24, 2.45) is 0 Å². The van der Waals surface area contributed by atoms with Crippen molar-refractivity contribution in [2.45, 2.75) is 6.54 Å². The zero-order chi connectivity index (χ0) is 16.9. The number of nitrogens with zero attached hydrogens (tertiary/aromatic N) is 4. The summed E-state index contributed by atoms with van der Waals surface area (Å²) in [6.45, 7) is 0.633. The van der Waals surface area contributed by atoms with Gasteiger partial charge in [-0.2, -0.15) is 10.4 Å². The smallest absolute Gasteiger partial charge is 0.270 e. The molecule has 0 aliphatic rings. The molecular weight excluding hydrogens is 306 g/mol. The van der Waals surface area contributed by atoms with E-state index in [0.717, 1.165) is 5.56 Å². The van der Waals surface area contributed by atoms with E-state index < -0.39 is 4.92 Å². The molecular formula is C17H13N5O2. The molecule has 0 saturated heterocycles. The molecule has 3 aromatic rings. The Hall–Kier alpha value is -3.66. The summed E-state index contributed by atoms with van der Waals surface area (Å²) in [4.78, 5) is 10.2. The van der Waals surface area contributed by atoms with Crippen LogP contribution in [0, 0.1) is 21.4 Å². The number of nitro groups is 1. The maximum absolute atomic E-state index is 10.8. The molecule has 0 atom stereocenters. The van der Waals surface area contributed by atoms with Crippen LogP contribution in [0.3, 0.4) is 0 Å². The van der Waals surface area contributed by atoms with Gasteiger partial charge in [0.05, 0.1) is 22.7 Å². The lowest BCUT2D eigenvalue weighted by Crippen LogP contribution is -2.01. The van der Waals surface area contributed by atoms with Crippen molar-refractivity contribution in [3.8, 4) is 6.07 Å². The second-order valence-electron chi connectivity index (χ2n) is 5.11. The monoisotopic (exact) mass is 319 g/mol. The first-order valence-corrected chi connectivity index (χ1v) is 7.18. The molecule has 0 saturated carbocycles. The molecule has 24 heavy (non-hydrogen) atoms. The first kappa shape index (κ1) is 15.2. The van der Waals surface area contributed by atoms with E-state index >= 15 is 0 Å². The minimum Gasteiger partial charge on any atom is -0.338 e. The van der Waals surface area contributed by atoms with E-state index in [2.05, 4.69) is 10.4 Å². The lowest BCUT2D eigenvalue weighted by atomic mass is 10.1. The Bertz CT molecular complexity index is 912. The fourth-order valence-corrected chi connectivity index (χ4v) is 2.27. The van der Waals surface area contributed by atoms with Crippen molar-refractivity contribution in [1.29, 1.82) is 5.26 Å². The van der Waals surface area contributed by atoms with Crippen LogP contribution >= 0.6 is 0 Å². The van der Waals surface area contributed by atoms with Crippen LogP contribution in [-0.2, 0) is 6.54 Å². The summed E-state index contributed by atoms with van der Waals surface area (Å²) in [5, 5.41) is 27.4. The van der Waals surface area contributed by atoms with Crippen LogP contribution in [-0.4, -0.2) is 14.7 Å². The van der Waals surface area contributed by atoms with Crippen molar-refractivity contribution in [2.75, 3.05) is 5.32 Å². The van der Waals surface area contributed by atoms with Crippen LogP contribution < -0.4 is 5.32 Å². The van der Waals surface area contributed by atoms with Gasteiger partial charge in [0.1, 0.15) is 6.07 Å². The van der Waals surface area contributed by atoms with E-state index in [0.29, 0.717) is 18.1 Å². The van der Waals surface area contributed by atoms with Crippen LogP contribution in [0.5, 0.6) is 0 Å². The van der Waals surface area contributed by atoms with Gasteiger partial charge < -0.3 is 5.32 Å². The minimum atomic E-state index is -0.529. The SMILES string of the molecule is N#Cc1cc([N+](=O)[O-])ccc1Nc1ccn(Cc2ccccc2)n1. The number of rotatable bonds is 5. The highest BCUT2D eigenvalue weighted by Gasteiger charge is 2.11. The molecule has 0 unspecified atom stereocenters. The summed E-state index contributed by atoms with van der Waals surface area (Å²) in [6, 6.07) is 17.8. The second-order valence-corrected chi connectivity index (χ2v) is 5.11. The highest BCUT2D eigenvalue weighted by atomic mass is 16.6. The van der Waals surface area contributed by atoms with Gasteiger partial charge in [0.15, 0.2) is 5.82 Å². The zero-order valence-electron chi connectivity index (χ0n) is 12.6. The van der Waals surface area contributed by atoms with E-state index in [9.17, 15) is 10.1 Å². The predicted octanol–water partition coefficient (Wildman–Crippen LogP) is 3.45. The third-order valence-corrected chi connectivity index (χ3v) is 3.43. The Kier molecular flexibility index (Phi) is 4.21. The van der Waals surface area contributed by atoms with Crippen molar-refractivity contribution in [1.82, 2.24) is 9.78 Å². The van der Waals surface area contributed by atoms with Gasteiger partial charge in [-0.1, -0.05) is 30.3 Å². The maximum Gasteiger partial charge on any atom is 0.270 e. The molecule has 0 spiro atoms. The molecule has 0 aliphatic carbocycles. The van der Waals surface area contributed by atoms with Gasteiger partial charge in [-0.15, -0.1) is 0 Å². The average molecular weight is 319 g/mol. The molecule has 2 aromatic carbocycles. The molecule has 118 valence electrons. The first-order chi connectivity index (χ1) is 11.7. The zero-order valence-corrected chi connectivity index (χ0v) is 12.6. The van der Waals surface area contributed by atoms with Crippen molar-refractivity contribution >= 4 is 17.2 Å². The van der Waals surface area contributed by atoms with E-state index in [-0.39, 0.29) is 11.3 Å². The molecule has 1 aromatic heterocycles. The van der Waals surface area contributed by atoms with Gasteiger partial charge in [-0.25, -0.2) is 0 Å². The third kappa shape index (κ3) is 3.39. The lowest BCUT2D eigenvalue weighted by Gasteiger charge is -2.05. The number of nitro benzene ring substituents is 1. The maximum atomic E-state index is 10.8. The molecule has 3 rings (SSSR count). The molecule has 0 amide bonds. The number of hydrogen-bond donors (Lipinski definition) is 1. The van der Waals surface area contributed by atoms with E-state index in [1.54, 1.807) is 10.7 Å². The number of hydrogen-bond acceptors (Lipinski definition) is 5. The van der Waals surface area contributed by atoms with Gasteiger partial charge in [-0.05, 0) is 11.6 Å². The molecule has 0 radical (unpaired) electrons. The van der Waals surface area contributed by atoms with Crippen LogP contribution in [0.2, 0.25) is 0 Å². The van der Waals surface area contributed by atoms with Gasteiger partial charge >= 0.3 is 0 Å². The first-order valence-electron chi connectivity index (χ1n) is 7.18. The molecule has 1 N–H and O–H groups in total. The Morgan fingerprint density at radius 1 is 1.21 bits per heavy atom. The summed E-state index contributed by atoms with van der Waals surface area (Å²) in [5.41, 5.74) is 1.68. The highest BCUT2D eigenvalue weighted by Crippen LogP contribution is 2.24. The normalized spacial score (nSPS) is 10.1. The lowest BCUT2D eigenvalue weighted by molar-refractivity contribution is -0.384. The molecule has 0 aliphatic heterocycles. The summed E-state index contributed by atoms with van der Waals surface area (Å²) in [5.74, 6) is 0.566. The van der Waals surface area contributed by atoms with Gasteiger partial charge in [0.25, 0.3) is 5.69 Å². The Balaban J connectivity index is 1.78. The topological polar surface area (TPSA) is 96.8 Å². The van der Waals surface area contributed by atoms with Gasteiger partial charge in [0.2, 0.25) is 0 Å². The summed E-state index contributed by atoms with van der Waals surface area (Å²) in [6.07, 6.45) is 1.83. The standard InChI is InChI=1S/C17H13N5O2/c18-11-14-10-15(22(23)24)6-7-16(14)19-17-8-9-21(20-17)12-13-4-2-1-3-5-13/h1-10H,12H2,(H,19,20). The van der Waals surface area contributed by atoms with E-state index in [1.807, 2.05) is 42.6 Å². The number of anilines is 2. The van der Waals surface area contributed by atoms with E-state index in [1.165, 1.54) is 18.2 Å². The minimum absolute atomic E-state index is 0.119. The fraction of sp³-hybridized carbons (Fsp3) is 0.0588. The predicted molar refractivity (Wildman–Crippen MR) is 88.9 cm³/mol. The quantitative estimate of drug-likeness (QED) is 0.574.